The molecule has 0 saturated carbocycles. The van der Waals surface area contributed by atoms with Gasteiger partial charge in [0.15, 0.2) is 5.69 Å². The van der Waals surface area contributed by atoms with Crippen LogP contribution in [0.4, 0.5) is 13.2 Å². The van der Waals surface area contributed by atoms with Gasteiger partial charge in [-0.2, -0.15) is 28.2 Å². The topological polar surface area (TPSA) is 72.9 Å². The van der Waals surface area contributed by atoms with E-state index in [1.807, 2.05) is 0 Å². The Hall–Kier alpha value is -2.84. The summed E-state index contributed by atoms with van der Waals surface area (Å²) in [7, 11) is 1.21. The molecule has 1 N–H and O–H groups in total. The Morgan fingerprint density at radius 2 is 1.95 bits per heavy atom. The van der Waals surface area contributed by atoms with Gasteiger partial charge < -0.3 is 9.47 Å². The molecule has 2 aromatic heterocycles. The molecule has 0 aliphatic heterocycles. The number of benzene rings is 1. The van der Waals surface area contributed by atoms with Crippen LogP contribution < -0.4 is 9.47 Å². The summed E-state index contributed by atoms with van der Waals surface area (Å²) in [5.74, 6) is 0.0399. The predicted octanol–water partition coefficient (Wildman–Crippen LogP) is 3.17. The van der Waals surface area contributed by atoms with E-state index >= 15 is 0 Å². The summed E-state index contributed by atoms with van der Waals surface area (Å²) in [5, 5.41) is 7.41. The van der Waals surface area contributed by atoms with Crippen molar-refractivity contribution in [2.75, 3.05) is 7.11 Å². The molecular formula is C13H9F3N4O2. The Morgan fingerprint density at radius 1 is 1.14 bits per heavy atom. The van der Waals surface area contributed by atoms with Crippen molar-refractivity contribution in [1.82, 2.24) is 20.2 Å². The molecule has 114 valence electrons. The lowest BCUT2D eigenvalue weighted by Gasteiger charge is -2.10. The number of hydrogen-bond acceptors (Lipinski definition) is 5. The first-order valence-corrected chi connectivity index (χ1v) is 6.07. The van der Waals surface area contributed by atoms with Crippen LogP contribution in [-0.4, -0.2) is 27.3 Å². The summed E-state index contributed by atoms with van der Waals surface area (Å²) in [6.45, 7) is 0. The van der Waals surface area contributed by atoms with Gasteiger partial charge in [-0.3, -0.25) is 5.10 Å². The van der Waals surface area contributed by atoms with Crippen LogP contribution in [0.3, 0.4) is 0 Å². The maximum Gasteiger partial charge on any atom is 0.433 e. The van der Waals surface area contributed by atoms with Crippen molar-refractivity contribution in [3.63, 3.8) is 0 Å². The van der Waals surface area contributed by atoms with Crippen molar-refractivity contribution < 1.29 is 22.6 Å². The third kappa shape index (κ3) is 2.78. The van der Waals surface area contributed by atoms with Gasteiger partial charge in [-0.25, -0.2) is 0 Å². The number of nitrogens with zero attached hydrogens (tertiary/aromatic N) is 3. The molecule has 0 unspecified atom stereocenters. The smallest absolute Gasteiger partial charge is 0.433 e. The number of halogens is 3. The first-order valence-electron chi connectivity index (χ1n) is 6.07. The third-order valence-electron chi connectivity index (χ3n) is 2.80. The minimum absolute atomic E-state index is 0.236. The molecule has 0 amide bonds. The van der Waals surface area contributed by atoms with Gasteiger partial charge in [0.05, 0.1) is 18.8 Å². The zero-order valence-corrected chi connectivity index (χ0v) is 11.2. The molecule has 0 saturated heterocycles. The monoisotopic (exact) mass is 310 g/mol. The fourth-order valence-corrected chi connectivity index (χ4v) is 1.78. The number of hydrogen-bond donors (Lipinski definition) is 1. The zero-order chi connectivity index (χ0) is 15.7. The molecule has 0 radical (unpaired) electrons. The van der Waals surface area contributed by atoms with E-state index in [4.69, 9.17) is 9.47 Å². The molecule has 0 spiro atoms. The van der Waals surface area contributed by atoms with E-state index in [-0.39, 0.29) is 11.6 Å². The number of methoxy groups -OCH3 is 1. The highest BCUT2D eigenvalue weighted by Gasteiger charge is 2.34. The van der Waals surface area contributed by atoms with Crippen LogP contribution in [0.15, 0.2) is 30.5 Å². The van der Waals surface area contributed by atoms with E-state index < -0.39 is 17.9 Å². The molecule has 2 heterocycles. The Labute approximate surface area is 121 Å². The summed E-state index contributed by atoms with van der Waals surface area (Å²) in [6, 6.07) is 5.11. The van der Waals surface area contributed by atoms with Gasteiger partial charge in [0, 0.05) is 17.5 Å². The highest BCUT2D eigenvalue weighted by molar-refractivity contribution is 5.79. The highest BCUT2D eigenvalue weighted by Crippen LogP contribution is 2.32. The van der Waals surface area contributed by atoms with E-state index in [0.717, 1.165) is 5.39 Å². The minimum atomic E-state index is -4.62. The Morgan fingerprint density at radius 3 is 2.68 bits per heavy atom. The van der Waals surface area contributed by atoms with Crippen LogP contribution in [0.5, 0.6) is 17.6 Å². The summed E-state index contributed by atoms with van der Waals surface area (Å²) >= 11 is 0. The SMILES string of the molecule is COc1cc(C(F)(F)F)nc(Oc2ccc3cn[nH]c3c2)n1. The summed E-state index contributed by atoms with van der Waals surface area (Å²) in [5.41, 5.74) is -0.464. The highest BCUT2D eigenvalue weighted by atomic mass is 19.4. The molecule has 0 aliphatic carbocycles. The molecule has 0 atom stereocenters. The Kier molecular flexibility index (Phi) is 3.32. The number of aromatic amines is 1. The normalized spacial score (nSPS) is 11.6. The molecule has 3 aromatic rings. The van der Waals surface area contributed by atoms with Crippen molar-refractivity contribution in [2.45, 2.75) is 6.18 Å². The number of fused-ring (bicyclic) bond motifs is 1. The van der Waals surface area contributed by atoms with E-state index in [2.05, 4.69) is 20.2 Å². The van der Waals surface area contributed by atoms with Crippen molar-refractivity contribution in [3.8, 4) is 17.6 Å². The average Bonchev–Trinajstić information content (AvgIpc) is 2.93. The molecule has 0 aliphatic rings. The second-order valence-electron chi connectivity index (χ2n) is 4.30. The summed E-state index contributed by atoms with van der Waals surface area (Å²) in [4.78, 5) is 7.10. The molecule has 0 bridgehead atoms. The molecule has 0 fully saturated rings. The van der Waals surface area contributed by atoms with Crippen LogP contribution in [-0.2, 0) is 6.18 Å². The van der Waals surface area contributed by atoms with Crippen LogP contribution in [0.2, 0.25) is 0 Å². The maximum absolute atomic E-state index is 12.8. The van der Waals surface area contributed by atoms with E-state index in [0.29, 0.717) is 11.6 Å². The lowest BCUT2D eigenvalue weighted by Crippen LogP contribution is -2.10. The minimum Gasteiger partial charge on any atom is -0.481 e. The standard InChI is InChI=1S/C13H9F3N4O2/c1-21-11-5-10(13(14,15)16)18-12(19-11)22-8-3-2-7-6-17-20-9(7)4-8/h2-6H,1H3,(H,17,20). The lowest BCUT2D eigenvalue weighted by atomic mass is 10.2. The second kappa shape index (κ2) is 5.17. The molecular weight excluding hydrogens is 301 g/mol. The number of aromatic nitrogens is 4. The molecule has 1 aromatic carbocycles. The van der Waals surface area contributed by atoms with Gasteiger partial charge in [0.25, 0.3) is 0 Å². The van der Waals surface area contributed by atoms with Gasteiger partial charge in [0.1, 0.15) is 5.75 Å². The van der Waals surface area contributed by atoms with Gasteiger partial charge in [-0.15, -0.1) is 0 Å². The molecule has 9 heteroatoms. The lowest BCUT2D eigenvalue weighted by molar-refractivity contribution is -0.141. The average molecular weight is 310 g/mol. The number of ether oxygens (including phenoxy) is 2. The van der Waals surface area contributed by atoms with Gasteiger partial charge >= 0.3 is 12.2 Å². The maximum atomic E-state index is 12.8. The van der Waals surface area contributed by atoms with Gasteiger partial charge in [-0.05, 0) is 12.1 Å². The van der Waals surface area contributed by atoms with Crippen molar-refractivity contribution >= 4 is 10.9 Å². The molecule has 6 nitrogen and oxygen atoms in total. The fourth-order valence-electron chi connectivity index (χ4n) is 1.78. The zero-order valence-electron chi connectivity index (χ0n) is 11.2. The number of nitrogens with one attached hydrogen (secondary N) is 1. The molecule has 3 rings (SSSR count). The Balaban J connectivity index is 1.96. The first kappa shape index (κ1) is 14.1. The van der Waals surface area contributed by atoms with Gasteiger partial charge in [0.2, 0.25) is 5.88 Å². The largest absolute Gasteiger partial charge is 0.481 e. The number of alkyl halides is 3. The van der Waals surface area contributed by atoms with Gasteiger partial charge in [-0.1, -0.05) is 0 Å². The number of rotatable bonds is 3. The summed E-state index contributed by atoms with van der Waals surface area (Å²) in [6.07, 6.45) is -3.01. The summed E-state index contributed by atoms with van der Waals surface area (Å²) < 4.78 is 48.3. The van der Waals surface area contributed by atoms with E-state index in [1.54, 1.807) is 24.4 Å². The van der Waals surface area contributed by atoms with Crippen LogP contribution in [0, 0.1) is 0 Å². The van der Waals surface area contributed by atoms with Crippen molar-refractivity contribution in [1.29, 1.82) is 0 Å². The van der Waals surface area contributed by atoms with Crippen LogP contribution in [0.1, 0.15) is 5.69 Å². The number of H-pyrrole nitrogens is 1. The molecule has 22 heavy (non-hydrogen) atoms. The van der Waals surface area contributed by atoms with Crippen LogP contribution >= 0.6 is 0 Å². The van der Waals surface area contributed by atoms with Crippen LogP contribution in [0.25, 0.3) is 10.9 Å². The van der Waals surface area contributed by atoms with Crippen molar-refractivity contribution in [3.05, 3.63) is 36.2 Å². The van der Waals surface area contributed by atoms with E-state index in [9.17, 15) is 13.2 Å². The quantitative estimate of drug-likeness (QED) is 0.804. The second-order valence-corrected chi connectivity index (χ2v) is 4.30. The van der Waals surface area contributed by atoms with E-state index in [1.165, 1.54) is 7.11 Å². The predicted molar refractivity (Wildman–Crippen MR) is 69.8 cm³/mol. The first-order chi connectivity index (χ1) is 10.5. The fraction of sp³-hybridized carbons (Fsp3) is 0.154. The third-order valence-corrected chi connectivity index (χ3v) is 2.80. The van der Waals surface area contributed by atoms with Crippen molar-refractivity contribution in [2.24, 2.45) is 0 Å². The Bertz CT molecular complexity index is 816.